The third-order valence-corrected chi connectivity index (χ3v) is 8.11. The van der Waals surface area contributed by atoms with E-state index in [0.29, 0.717) is 76.1 Å². The van der Waals surface area contributed by atoms with Gasteiger partial charge in [-0.3, -0.25) is 9.59 Å². The zero-order chi connectivity index (χ0) is 31.1. The number of benzene rings is 3. The molecule has 0 fully saturated rings. The van der Waals surface area contributed by atoms with Crippen molar-refractivity contribution in [3.8, 4) is 45.9 Å². The van der Waals surface area contributed by atoms with Crippen molar-refractivity contribution in [3.63, 3.8) is 0 Å². The molecule has 0 spiro atoms. The molecule has 5 rings (SSSR count). The molecular formula is C36H36N2O6. The fourth-order valence-corrected chi connectivity index (χ4v) is 6.21. The number of hydrogen-bond acceptors (Lipinski definition) is 8. The van der Waals surface area contributed by atoms with Crippen LogP contribution in [0.25, 0.3) is 22.3 Å². The predicted molar refractivity (Wildman–Crippen MR) is 164 cm³/mol. The zero-order valence-electron chi connectivity index (χ0n) is 25.3. The number of esters is 2. The Bertz CT molecular complexity index is 1540. The maximum Gasteiger partial charge on any atom is 0.305 e. The number of hydrogen-bond donors (Lipinski definition) is 0. The maximum absolute atomic E-state index is 11.6. The second-order valence-electron chi connectivity index (χ2n) is 10.8. The highest BCUT2D eigenvalue weighted by molar-refractivity contribution is 5.95. The molecule has 0 N–H and O–H groups in total. The van der Waals surface area contributed by atoms with Crippen LogP contribution in [0.4, 0.5) is 0 Å². The molecule has 0 saturated carbocycles. The molecule has 0 aromatic heterocycles. The summed E-state index contributed by atoms with van der Waals surface area (Å²) in [6, 6.07) is 16.8. The molecule has 0 aliphatic heterocycles. The average molecular weight is 593 g/mol. The molecule has 44 heavy (non-hydrogen) atoms. The molecule has 0 bridgehead atoms. The number of rotatable bonds is 12. The van der Waals surface area contributed by atoms with Gasteiger partial charge in [0, 0.05) is 12.8 Å². The van der Waals surface area contributed by atoms with Gasteiger partial charge in [0.25, 0.3) is 0 Å². The third-order valence-electron chi connectivity index (χ3n) is 8.11. The standard InChI is InChI=1S/C36H36N2O6/c1-3-41-33(39)7-5-17-43-25-11-15-27-23(19-25)9-13-29-31(21-37)32(22-38)30-14-10-24-20-26(12-16-28(24)36(30)35(27)29)44-18-6-8-34(40)42-4-2/h11-12,15-16,19-20H,3-10,13-14,17-18H2,1-2H3. The van der Waals surface area contributed by atoms with Crippen LogP contribution in [-0.4, -0.2) is 38.4 Å². The smallest absolute Gasteiger partial charge is 0.305 e. The van der Waals surface area contributed by atoms with E-state index in [2.05, 4.69) is 36.4 Å². The predicted octanol–water partition coefficient (Wildman–Crippen LogP) is 6.41. The van der Waals surface area contributed by atoms with Crippen LogP contribution in [0.15, 0.2) is 36.4 Å². The minimum atomic E-state index is -0.221. The Balaban J connectivity index is 1.45. The van der Waals surface area contributed by atoms with Crippen LogP contribution in [0.5, 0.6) is 11.5 Å². The van der Waals surface area contributed by atoms with E-state index in [4.69, 9.17) is 18.9 Å². The van der Waals surface area contributed by atoms with Crippen LogP contribution < -0.4 is 9.47 Å². The quantitative estimate of drug-likeness (QED) is 0.175. The van der Waals surface area contributed by atoms with Crippen LogP contribution in [0.1, 0.15) is 72.9 Å². The van der Waals surface area contributed by atoms with Crippen molar-refractivity contribution in [1.82, 2.24) is 0 Å². The SMILES string of the molecule is CCOC(=O)CCCOc1ccc2c(c1)CCc1c(C#N)c(C#N)c3c(c1-2)-c1ccc(OCCCC(=O)OCC)cc1CC3. The topological polar surface area (TPSA) is 119 Å². The largest absolute Gasteiger partial charge is 0.494 e. The number of nitrogens with zero attached hydrogens (tertiary/aromatic N) is 2. The summed E-state index contributed by atoms with van der Waals surface area (Å²) in [5.41, 5.74) is 9.21. The summed E-state index contributed by atoms with van der Waals surface area (Å²) >= 11 is 0. The first kappa shape index (κ1) is 30.6. The molecule has 8 nitrogen and oxygen atoms in total. The number of carbonyl (C=O) groups excluding carboxylic acids is 2. The van der Waals surface area contributed by atoms with E-state index in [-0.39, 0.29) is 11.9 Å². The molecule has 0 radical (unpaired) electrons. The zero-order valence-corrected chi connectivity index (χ0v) is 25.3. The van der Waals surface area contributed by atoms with Crippen LogP contribution in [0.2, 0.25) is 0 Å². The maximum atomic E-state index is 11.6. The van der Waals surface area contributed by atoms with Gasteiger partial charge in [0.15, 0.2) is 0 Å². The molecule has 0 saturated heterocycles. The van der Waals surface area contributed by atoms with Crippen LogP contribution in [-0.2, 0) is 44.7 Å². The van der Waals surface area contributed by atoms with Gasteiger partial charge in [0.1, 0.15) is 23.6 Å². The number of ether oxygens (including phenoxy) is 4. The minimum Gasteiger partial charge on any atom is -0.494 e. The monoisotopic (exact) mass is 592 g/mol. The summed E-state index contributed by atoms with van der Waals surface area (Å²) in [5, 5.41) is 20.4. The molecule has 226 valence electrons. The number of nitriles is 2. The van der Waals surface area contributed by atoms with E-state index >= 15 is 0 Å². The van der Waals surface area contributed by atoms with Crippen molar-refractivity contribution in [3.05, 3.63) is 69.8 Å². The lowest BCUT2D eigenvalue weighted by atomic mass is 9.72. The van der Waals surface area contributed by atoms with Gasteiger partial charge >= 0.3 is 11.9 Å². The molecule has 2 aliphatic rings. The molecule has 0 amide bonds. The number of fused-ring (bicyclic) bond motifs is 7. The highest BCUT2D eigenvalue weighted by atomic mass is 16.5. The second kappa shape index (κ2) is 14.1. The van der Waals surface area contributed by atoms with Gasteiger partial charge in [-0.1, -0.05) is 12.1 Å². The Labute approximate surface area is 258 Å². The van der Waals surface area contributed by atoms with Crippen molar-refractivity contribution in [1.29, 1.82) is 10.5 Å². The Hall–Kier alpha value is -4.82. The summed E-state index contributed by atoms with van der Waals surface area (Å²) in [5.74, 6) is 1.04. The van der Waals surface area contributed by atoms with Gasteiger partial charge in [0.2, 0.25) is 0 Å². The van der Waals surface area contributed by atoms with Crippen molar-refractivity contribution in [2.75, 3.05) is 26.4 Å². The van der Waals surface area contributed by atoms with Gasteiger partial charge < -0.3 is 18.9 Å². The summed E-state index contributed by atoms with van der Waals surface area (Å²) < 4.78 is 21.9. The Morgan fingerprint density at radius 1 is 0.682 bits per heavy atom. The van der Waals surface area contributed by atoms with E-state index in [1.54, 1.807) is 13.8 Å². The van der Waals surface area contributed by atoms with Gasteiger partial charge in [-0.05, 0) is 121 Å². The second-order valence-corrected chi connectivity index (χ2v) is 10.8. The fourth-order valence-electron chi connectivity index (χ4n) is 6.21. The van der Waals surface area contributed by atoms with Crippen molar-refractivity contribution >= 4 is 11.9 Å². The van der Waals surface area contributed by atoms with Crippen molar-refractivity contribution in [2.24, 2.45) is 0 Å². The third kappa shape index (κ3) is 6.40. The molecule has 0 unspecified atom stereocenters. The Morgan fingerprint density at radius 2 is 1.11 bits per heavy atom. The summed E-state index contributed by atoms with van der Waals surface area (Å²) in [4.78, 5) is 23.3. The molecule has 0 heterocycles. The summed E-state index contributed by atoms with van der Waals surface area (Å²) in [7, 11) is 0. The van der Waals surface area contributed by atoms with Crippen LogP contribution >= 0.6 is 0 Å². The normalized spacial score (nSPS) is 12.4. The first-order valence-electron chi connectivity index (χ1n) is 15.3. The molecular weight excluding hydrogens is 556 g/mol. The van der Waals surface area contributed by atoms with Crippen molar-refractivity contribution < 1.29 is 28.5 Å². The lowest BCUT2D eigenvalue weighted by Crippen LogP contribution is -2.16. The lowest BCUT2D eigenvalue weighted by Gasteiger charge is -2.31. The average Bonchev–Trinajstić information content (AvgIpc) is 3.03. The Morgan fingerprint density at radius 3 is 1.50 bits per heavy atom. The highest BCUT2D eigenvalue weighted by Crippen LogP contribution is 2.49. The minimum absolute atomic E-state index is 0.221. The van der Waals surface area contributed by atoms with E-state index < -0.39 is 0 Å². The van der Waals surface area contributed by atoms with Crippen LogP contribution in [0, 0.1) is 22.7 Å². The van der Waals surface area contributed by atoms with Gasteiger partial charge in [-0.25, -0.2) is 0 Å². The van der Waals surface area contributed by atoms with Gasteiger partial charge in [-0.15, -0.1) is 0 Å². The molecule has 2 aliphatic carbocycles. The first-order chi connectivity index (χ1) is 21.5. The summed E-state index contributed by atoms with van der Waals surface area (Å²) in [6.45, 7) is 5.15. The van der Waals surface area contributed by atoms with E-state index in [9.17, 15) is 20.1 Å². The van der Waals surface area contributed by atoms with Gasteiger partial charge in [-0.2, -0.15) is 10.5 Å². The summed E-state index contributed by atoms with van der Waals surface area (Å²) in [6.07, 6.45) is 4.53. The van der Waals surface area contributed by atoms with Crippen LogP contribution in [0.3, 0.4) is 0 Å². The van der Waals surface area contributed by atoms with Crippen molar-refractivity contribution in [2.45, 2.75) is 65.2 Å². The Kier molecular flexibility index (Phi) is 9.82. The van der Waals surface area contributed by atoms with E-state index in [1.807, 2.05) is 12.1 Å². The first-order valence-corrected chi connectivity index (χ1v) is 15.3. The molecule has 3 aromatic rings. The van der Waals surface area contributed by atoms with E-state index in [0.717, 1.165) is 68.8 Å². The lowest BCUT2D eigenvalue weighted by molar-refractivity contribution is -0.144. The highest BCUT2D eigenvalue weighted by Gasteiger charge is 2.32. The molecule has 8 heteroatoms. The van der Waals surface area contributed by atoms with Gasteiger partial charge in [0.05, 0.1) is 37.6 Å². The molecule has 3 aromatic carbocycles. The molecule has 0 atom stereocenters. The number of carbonyl (C=O) groups is 2. The fraction of sp³-hybridized carbons (Fsp3) is 0.389. The number of aryl methyl sites for hydroxylation is 2. The van der Waals surface area contributed by atoms with E-state index in [1.165, 1.54) is 0 Å².